The summed E-state index contributed by atoms with van der Waals surface area (Å²) in [5, 5.41) is 12.6. The van der Waals surface area contributed by atoms with E-state index in [1.807, 2.05) is 58.9 Å². The van der Waals surface area contributed by atoms with Gasteiger partial charge in [-0.15, -0.1) is 4.80 Å². The number of nitrogens with zero attached hydrogens (tertiary/aromatic N) is 5. The van der Waals surface area contributed by atoms with E-state index in [9.17, 15) is 14.4 Å². The molecule has 39 heavy (non-hydrogen) atoms. The fourth-order valence-corrected chi connectivity index (χ4v) is 6.25. The number of fused-ring (bicyclic) bond motifs is 1. The third-order valence-electron chi connectivity index (χ3n) is 7.60. The first-order valence-corrected chi connectivity index (χ1v) is 14.1. The molecule has 0 radical (unpaired) electrons. The van der Waals surface area contributed by atoms with Crippen LogP contribution < -0.4 is 21.3 Å². The Balaban J connectivity index is 2.00. The number of carbonyl (C=O) groups excluding carboxylic acids is 1. The van der Waals surface area contributed by atoms with Gasteiger partial charge in [0.25, 0.3) is 5.56 Å². The quantitative estimate of drug-likeness (QED) is 0.303. The summed E-state index contributed by atoms with van der Waals surface area (Å²) in [5.74, 6) is 0.404. The first-order valence-electron chi connectivity index (χ1n) is 13.3. The highest BCUT2D eigenvalue weighted by atomic mass is 32.1. The van der Waals surface area contributed by atoms with Crippen molar-refractivity contribution >= 4 is 27.5 Å². The number of aromatic nitrogens is 5. The average Bonchev–Trinajstić information content (AvgIpc) is 3.59. The molecule has 208 valence electrons. The Morgan fingerprint density at radius 3 is 2.41 bits per heavy atom. The van der Waals surface area contributed by atoms with Crippen LogP contribution in [0.5, 0.6) is 5.75 Å². The molecule has 0 aliphatic carbocycles. The highest BCUT2D eigenvalue weighted by Gasteiger charge is 2.41. The van der Waals surface area contributed by atoms with Crippen molar-refractivity contribution in [3.05, 3.63) is 68.6 Å². The summed E-state index contributed by atoms with van der Waals surface area (Å²) in [7, 11) is 1.61. The van der Waals surface area contributed by atoms with Gasteiger partial charge < -0.3 is 10.1 Å². The predicted octanol–water partition coefficient (Wildman–Crippen LogP) is 3.80. The van der Waals surface area contributed by atoms with E-state index in [0.717, 1.165) is 17.7 Å². The van der Waals surface area contributed by atoms with Crippen molar-refractivity contribution < 1.29 is 9.53 Å². The van der Waals surface area contributed by atoms with Crippen molar-refractivity contribution in [1.29, 1.82) is 0 Å². The number of rotatable bonds is 11. The molecule has 1 N–H and O–H groups in total. The third-order valence-corrected chi connectivity index (χ3v) is 8.88. The van der Waals surface area contributed by atoms with Gasteiger partial charge in [-0.25, -0.2) is 9.36 Å². The maximum Gasteiger partial charge on any atom is 0.333 e. The average molecular weight is 553 g/mol. The number of thiophene rings is 1. The minimum atomic E-state index is -1.34. The second kappa shape index (κ2) is 11.6. The third kappa shape index (κ3) is 4.91. The van der Waals surface area contributed by atoms with Crippen LogP contribution in [0.1, 0.15) is 58.1 Å². The Morgan fingerprint density at radius 1 is 1.13 bits per heavy atom. The summed E-state index contributed by atoms with van der Waals surface area (Å²) in [6.07, 6.45) is 4.93. The molecule has 1 amide bonds. The SMILES string of the molecule is CCC(C)NC(=O)C(CC)(CC)n1c(=O)c2c(C)c(-n3nccn3)sc2n(CCc2ccccc2OC)c1=O. The van der Waals surface area contributed by atoms with Gasteiger partial charge in [0.1, 0.15) is 21.1 Å². The number of aryl methyl sites for hydroxylation is 3. The van der Waals surface area contributed by atoms with Crippen LogP contribution in [-0.4, -0.2) is 43.2 Å². The van der Waals surface area contributed by atoms with E-state index in [1.54, 1.807) is 24.1 Å². The molecule has 4 rings (SSSR count). The largest absolute Gasteiger partial charge is 0.496 e. The number of amides is 1. The van der Waals surface area contributed by atoms with Crippen LogP contribution in [0.2, 0.25) is 0 Å². The summed E-state index contributed by atoms with van der Waals surface area (Å²) < 4.78 is 8.33. The van der Waals surface area contributed by atoms with Crippen molar-refractivity contribution in [3.63, 3.8) is 0 Å². The van der Waals surface area contributed by atoms with Crippen molar-refractivity contribution in [2.45, 2.75) is 78.4 Å². The topological polar surface area (TPSA) is 113 Å². The second-order valence-electron chi connectivity index (χ2n) is 9.69. The summed E-state index contributed by atoms with van der Waals surface area (Å²) in [6, 6.07) is 7.56. The van der Waals surface area contributed by atoms with Gasteiger partial charge in [-0.3, -0.25) is 14.2 Å². The second-order valence-corrected chi connectivity index (χ2v) is 10.7. The van der Waals surface area contributed by atoms with E-state index >= 15 is 0 Å². The molecule has 3 aromatic heterocycles. The summed E-state index contributed by atoms with van der Waals surface area (Å²) >= 11 is 1.29. The lowest BCUT2D eigenvalue weighted by molar-refractivity contribution is -0.131. The molecule has 11 heteroatoms. The molecule has 0 saturated carbocycles. The Labute approximate surface area is 231 Å². The molecular weight excluding hydrogens is 516 g/mol. The number of ether oxygens (including phenoxy) is 1. The monoisotopic (exact) mass is 552 g/mol. The van der Waals surface area contributed by atoms with E-state index in [2.05, 4.69) is 15.5 Å². The molecule has 0 aliphatic rings. The first-order chi connectivity index (χ1) is 18.7. The number of carbonyl (C=O) groups is 1. The number of para-hydroxylation sites is 1. The van der Waals surface area contributed by atoms with E-state index in [-0.39, 0.29) is 24.8 Å². The minimum Gasteiger partial charge on any atom is -0.496 e. The smallest absolute Gasteiger partial charge is 0.333 e. The van der Waals surface area contributed by atoms with Gasteiger partial charge in [-0.2, -0.15) is 10.2 Å². The predicted molar refractivity (Wildman–Crippen MR) is 153 cm³/mol. The lowest BCUT2D eigenvalue weighted by Crippen LogP contribution is -2.59. The number of nitrogens with one attached hydrogen (secondary N) is 1. The standard InChI is InChI=1S/C28H36N6O4S/c1-7-18(4)31-26(36)28(8-2,9-3)33-23(35)22-19(5)24(34-29-15-16-30-34)39-25(22)32(27(33)37)17-14-20-12-10-11-13-21(20)38-6/h10-13,15-16,18H,7-9,14,17H2,1-6H3,(H,31,36). The van der Waals surface area contributed by atoms with Crippen molar-refractivity contribution in [2.24, 2.45) is 0 Å². The minimum absolute atomic E-state index is 0.0949. The van der Waals surface area contributed by atoms with E-state index in [0.29, 0.717) is 33.7 Å². The van der Waals surface area contributed by atoms with E-state index in [4.69, 9.17) is 4.74 Å². The van der Waals surface area contributed by atoms with Crippen LogP contribution in [0.4, 0.5) is 0 Å². The molecule has 10 nitrogen and oxygen atoms in total. The zero-order valence-electron chi connectivity index (χ0n) is 23.4. The zero-order valence-corrected chi connectivity index (χ0v) is 24.2. The fraction of sp³-hybridized carbons (Fsp3) is 0.464. The van der Waals surface area contributed by atoms with E-state index in [1.165, 1.54) is 20.7 Å². The van der Waals surface area contributed by atoms with Crippen molar-refractivity contribution in [2.75, 3.05) is 7.11 Å². The molecule has 1 unspecified atom stereocenters. The molecule has 0 aliphatic heterocycles. The Kier molecular flexibility index (Phi) is 8.39. The molecular formula is C28H36N6O4S. The summed E-state index contributed by atoms with van der Waals surface area (Å²) in [6.45, 7) is 9.70. The van der Waals surface area contributed by atoms with E-state index < -0.39 is 16.8 Å². The highest BCUT2D eigenvalue weighted by Crippen LogP contribution is 2.32. The highest BCUT2D eigenvalue weighted by molar-refractivity contribution is 7.21. The van der Waals surface area contributed by atoms with Gasteiger partial charge in [-0.05, 0) is 51.2 Å². The molecule has 3 heterocycles. The first kappa shape index (κ1) is 28.3. The fourth-order valence-electron chi connectivity index (χ4n) is 5.01. The van der Waals surface area contributed by atoms with Gasteiger partial charge in [0.15, 0.2) is 0 Å². The number of hydrogen-bond donors (Lipinski definition) is 1. The lowest BCUT2D eigenvalue weighted by atomic mass is 9.90. The van der Waals surface area contributed by atoms with Crippen LogP contribution in [0, 0.1) is 6.92 Å². The van der Waals surface area contributed by atoms with Crippen LogP contribution in [0.15, 0.2) is 46.2 Å². The molecule has 4 aromatic rings. The van der Waals surface area contributed by atoms with Crippen LogP contribution in [-0.2, 0) is 23.3 Å². The summed E-state index contributed by atoms with van der Waals surface area (Å²) in [4.78, 5) is 44.2. The summed E-state index contributed by atoms with van der Waals surface area (Å²) in [5.41, 5.74) is -0.715. The molecule has 1 aromatic carbocycles. The van der Waals surface area contributed by atoms with Crippen molar-refractivity contribution in [3.8, 4) is 10.8 Å². The Bertz CT molecular complexity index is 1580. The molecule has 0 saturated heterocycles. The van der Waals surface area contributed by atoms with Gasteiger partial charge in [0, 0.05) is 18.2 Å². The van der Waals surface area contributed by atoms with Gasteiger partial charge in [0.2, 0.25) is 5.91 Å². The van der Waals surface area contributed by atoms with Crippen LogP contribution in [0.25, 0.3) is 15.2 Å². The van der Waals surface area contributed by atoms with Gasteiger partial charge in [-0.1, -0.05) is 50.3 Å². The molecule has 1 atom stereocenters. The molecule has 0 spiro atoms. The number of benzene rings is 1. The maximum atomic E-state index is 14.3. The maximum absolute atomic E-state index is 14.3. The lowest BCUT2D eigenvalue weighted by Gasteiger charge is -2.33. The van der Waals surface area contributed by atoms with Crippen molar-refractivity contribution in [1.82, 2.24) is 29.4 Å². The zero-order chi connectivity index (χ0) is 28.3. The van der Waals surface area contributed by atoms with Crippen LogP contribution in [0.3, 0.4) is 0 Å². The van der Waals surface area contributed by atoms with Gasteiger partial charge in [0.05, 0.1) is 24.9 Å². The van der Waals surface area contributed by atoms with Crippen LogP contribution >= 0.6 is 11.3 Å². The number of hydrogen-bond acceptors (Lipinski definition) is 7. The Hall–Kier alpha value is -3.73. The van der Waals surface area contributed by atoms with Gasteiger partial charge >= 0.3 is 5.69 Å². The normalized spacial score (nSPS) is 12.6. The number of methoxy groups -OCH3 is 1. The molecule has 0 fully saturated rings. The Morgan fingerprint density at radius 2 is 1.79 bits per heavy atom. The molecule has 0 bridgehead atoms.